The summed E-state index contributed by atoms with van der Waals surface area (Å²) in [6.07, 6.45) is 1.56. The van der Waals surface area contributed by atoms with E-state index in [2.05, 4.69) is 54.4 Å². The van der Waals surface area contributed by atoms with Crippen LogP contribution >= 0.6 is 50.1 Å². The molecule has 0 spiro atoms. The number of nitrogens with zero attached hydrogens (tertiary/aromatic N) is 1. The molecule has 0 fully saturated rings. The van der Waals surface area contributed by atoms with Gasteiger partial charge in [-0.15, -0.1) is 0 Å². The maximum absolute atomic E-state index is 12.0. The second-order valence-corrected chi connectivity index (χ2v) is 9.12. The average molecular weight is 629 g/mol. The van der Waals surface area contributed by atoms with Crippen LogP contribution in [0, 0.1) is 3.57 Å². The first-order valence-corrected chi connectivity index (χ1v) is 11.8. The quantitative estimate of drug-likeness (QED) is 0.177. The number of benzene rings is 3. The predicted molar refractivity (Wildman–Crippen MR) is 140 cm³/mol. The fraction of sp³-hybridized carbons (Fsp3) is 0.130. The number of ether oxygens (including phenoxy) is 2. The molecule has 0 radical (unpaired) electrons. The van der Waals surface area contributed by atoms with Gasteiger partial charge in [-0.3, -0.25) is 4.79 Å². The van der Waals surface area contributed by atoms with Crippen LogP contribution in [0.25, 0.3) is 0 Å². The van der Waals surface area contributed by atoms with Crippen LogP contribution in [0.3, 0.4) is 0 Å². The Bertz CT molecular complexity index is 1090. The third-order valence-corrected chi connectivity index (χ3v) is 5.83. The van der Waals surface area contributed by atoms with E-state index in [0.717, 1.165) is 24.9 Å². The Labute approximate surface area is 213 Å². The summed E-state index contributed by atoms with van der Waals surface area (Å²) < 4.78 is 13.3. The molecule has 0 aliphatic heterocycles. The molecule has 0 aliphatic rings. The lowest BCUT2D eigenvalue weighted by Crippen LogP contribution is -2.25. The number of hydrogen-bond acceptors (Lipinski definition) is 5. The van der Waals surface area contributed by atoms with E-state index in [1.165, 1.54) is 0 Å². The number of nitrogens with one attached hydrogen (secondary N) is 2. The largest absolute Gasteiger partial charge is 0.493 e. The SMILES string of the molecule is COc1cc(/C=N\NC(=O)CNc2ccc(Br)cc2)cc(I)c1OCc1ccc(Cl)cc1. The lowest BCUT2D eigenvalue weighted by molar-refractivity contribution is -0.119. The van der Waals surface area contributed by atoms with E-state index < -0.39 is 0 Å². The van der Waals surface area contributed by atoms with Gasteiger partial charge in [0.15, 0.2) is 11.5 Å². The van der Waals surface area contributed by atoms with Gasteiger partial charge < -0.3 is 14.8 Å². The fourth-order valence-corrected chi connectivity index (χ4v) is 3.83. The lowest BCUT2D eigenvalue weighted by atomic mass is 10.2. The molecular weight excluding hydrogens is 609 g/mol. The first-order valence-electron chi connectivity index (χ1n) is 9.50. The van der Waals surface area contributed by atoms with Crippen LogP contribution in [0.15, 0.2) is 70.2 Å². The van der Waals surface area contributed by atoms with Crippen molar-refractivity contribution in [3.8, 4) is 11.5 Å². The monoisotopic (exact) mass is 627 g/mol. The first-order chi connectivity index (χ1) is 15.4. The molecule has 0 unspecified atom stereocenters. The van der Waals surface area contributed by atoms with Crippen molar-refractivity contribution >= 4 is 67.9 Å². The Balaban J connectivity index is 1.57. The number of methoxy groups -OCH3 is 1. The summed E-state index contributed by atoms with van der Waals surface area (Å²) in [5.41, 5.74) is 5.12. The Hall–Kier alpha value is -2.30. The van der Waals surface area contributed by atoms with E-state index in [1.807, 2.05) is 54.6 Å². The standard InChI is InChI=1S/C23H20BrClIN3O3/c1-31-21-11-16(10-20(26)23(21)32-14-15-2-6-18(25)7-3-15)12-28-29-22(30)13-27-19-8-4-17(24)5-9-19/h2-12,27H,13-14H2,1H3,(H,29,30)/b28-12-. The van der Waals surface area contributed by atoms with Gasteiger partial charge in [0.1, 0.15) is 6.61 Å². The van der Waals surface area contributed by atoms with Crippen LogP contribution in [0.4, 0.5) is 5.69 Å². The summed E-state index contributed by atoms with van der Waals surface area (Å²) in [5.74, 6) is 0.965. The van der Waals surface area contributed by atoms with E-state index in [9.17, 15) is 4.79 Å². The van der Waals surface area contributed by atoms with Crippen molar-refractivity contribution in [1.82, 2.24) is 5.43 Å². The smallest absolute Gasteiger partial charge is 0.259 e. The van der Waals surface area contributed by atoms with Crippen molar-refractivity contribution in [1.29, 1.82) is 0 Å². The minimum absolute atomic E-state index is 0.108. The first kappa shape index (κ1) is 24.3. The molecule has 0 aliphatic carbocycles. The number of amides is 1. The van der Waals surface area contributed by atoms with E-state index in [1.54, 1.807) is 19.4 Å². The summed E-state index contributed by atoms with van der Waals surface area (Å²) in [4.78, 5) is 12.0. The van der Waals surface area contributed by atoms with E-state index in [-0.39, 0.29) is 12.5 Å². The maximum Gasteiger partial charge on any atom is 0.259 e. The summed E-state index contributed by atoms with van der Waals surface area (Å²) in [6, 6.07) is 18.7. The van der Waals surface area contributed by atoms with Crippen LogP contribution in [-0.4, -0.2) is 25.8 Å². The van der Waals surface area contributed by atoms with Crippen molar-refractivity contribution in [2.45, 2.75) is 6.61 Å². The lowest BCUT2D eigenvalue weighted by Gasteiger charge is -2.13. The van der Waals surface area contributed by atoms with E-state index in [0.29, 0.717) is 23.1 Å². The minimum Gasteiger partial charge on any atom is -0.493 e. The Morgan fingerprint density at radius 2 is 1.88 bits per heavy atom. The molecule has 3 aromatic carbocycles. The molecule has 3 aromatic rings. The molecule has 0 atom stereocenters. The van der Waals surface area contributed by atoms with Gasteiger partial charge in [-0.25, -0.2) is 5.43 Å². The number of halogens is 3. The van der Waals surface area contributed by atoms with Gasteiger partial charge in [-0.1, -0.05) is 39.7 Å². The van der Waals surface area contributed by atoms with Gasteiger partial charge in [0, 0.05) is 15.2 Å². The van der Waals surface area contributed by atoms with Crippen molar-refractivity contribution in [2.75, 3.05) is 19.0 Å². The summed E-state index contributed by atoms with van der Waals surface area (Å²) in [7, 11) is 1.58. The molecule has 1 amide bonds. The number of carbonyl (C=O) groups excluding carboxylic acids is 1. The highest BCUT2D eigenvalue weighted by atomic mass is 127. The molecule has 6 nitrogen and oxygen atoms in total. The highest BCUT2D eigenvalue weighted by Crippen LogP contribution is 2.34. The molecule has 32 heavy (non-hydrogen) atoms. The van der Waals surface area contributed by atoms with Crippen LogP contribution < -0.4 is 20.2 Å². The van der Waals surface area contributed by atoms with Gasteiger partial charge >= 0.3 is 0 Å². The third-order valence-electron chi connectivity index (χ3n) is 4.25. The van der Waals surface area contributed by atoms with Crippen LogP contribution in [0.2, 0.25) is 5.02 Å². The van der Waals surface area contributed by atoms with Crippen LogP contribution in [0.5, 0.6) is 11.5 Å². The van der Waals surface area contributed by atoms with Gasteiger partial charge in [-0.05, 0) is 82.2 Å². The molecule has 0 saturated heterocycles. The number of hydrazone groups is 1. The molecule has 0 heterocycles. The number of hydrogen-bond donors (Lipinski definition) is 2. The topological polar surface area (TPSA) is 72.0 Å². The number of anilines is 1. The molecule has 3 rings (SSSR count). The van der Waals surface area contributed by atoms with Gasteiger partial charge in [0.2, 0.25) is 0 Å². The zero-order valence-corrected chi connectivity index (χ0v) is 21.6. The molecular formula is C23H20BrClIN3O3. The van der Waals surface area contributed by atoms with E-state index >= 15 is 0 Å². The molecule has 9 heteroatoms. The van der Waals surface area contributed by atoms with Crippen molar-refractivity contribution in [2.24, 2.45) is 5.10 Å². The second-order valence-electron chi connectivity index (χ2n) is 6.60. The minimum atomic E-state index is -0.256. The Kier molecular flexibility index (Phi) is 9.19. The summed E-state index contributed by atoms with van der Waals surface area (Å²) >= 11 is 11.5. The number of carbonyl (C=O) groups is 1. The molecule has 2 N–H and O–H groups in total. The van der Waals surface area contributed by atoms with Crippen molar-refractivity contribution in [3.63, 3.8) is 0 Å². The Morgan fingerprint density at radius 3 is 2.56 bits per heavy atom. The predicted octanol–water partition coefficient (Wildman–Crippen LogP) is 5.86. The van der Waals surface area contributed by atoms with Gasteiger partial charge in [-0.2, -0.15) is 5.10 Å². The zero-order valence-electron chi connectivity index (χ0n) is 17.1. The maximum atomic E-state index is 12.0. The highest BCUT2D eigenvalue weighted by Gasteiger charge is 2.12. The normalized spacial score (nSPS) is 10.8. The molecule has 0 bridgehead atoms. The van der Waals surface area contributed by atoms with Crippen LogP contribution in [0.1, 0.15) is 11.1 Å². The number of rotatable bonds is 9. The van der Waals surface area contributed by atoms with Crippen LogP contribution in [-0.2, 0) is 11.4 Å². The second kappa shape index (κ2) is 12.1. The summed E-state index contributed by atoms with van der Waals surface area (Å²) in [5, 5.41) is 7.75. The third kappa shape index (κ3) is 7.39. The highest BCUT2D eigenvalue weighted by molar-refractivity contribution is 14.1. The average Bonchev–Trinajstić information content (AvgIpc) is 2.79. The summed E-state index contributed by atoms with van der Waals surface area (Å²) in [6.45, 7) is 0.496. The van der Waals surface area contributed by atoms with E-state index in [4.69, 9.17) is 21.1 Å². The molecule has 0 saturated carbocycles. The Morgan fingerprint density at radius 1 is 1.16 bits per heavy atom. The van der Waals surface area contributed by atoms with Crippen molar-refractivity contribution in [3.05, 3.63) is 84.9 Å². The molecule has 166 valence electrons. The van der Waals surface area contributed by atoms with Gasteiger partial charge in [0.25, 0.3) is 5.91 Å². The van der Waals surface area contributed by atoms with Crippen molar-refractivity contribution < 1.29 is 14.3 Å². The fourth-order valence-electron chi connectivity index (χ4n) is 2.66. The molecule has 0 aromatic heterocycles. The zero-order chi connectivity index (χ0) is 22.9. The van der Waals surface area contributed by atoms with Gasteiger partial charge in [0.05, 0.1) is 23.4 Å².